The highest BCUT2D eigenvalue weighted by Gasteiger charge is 2.09. The summed E-state index contributed by atoms with van der Waals surface area (Å²) in [5, 5.41) is 11.5. The first kappa shape index (κ1) is 13.3. The fraction of sp³-hybridized carbons (Fsp3) is 0.133. The van der Waals surface area contributed by atoms with E-state index in [2.05, 4.69) is 17.2 Å². The molecule has 0 radical (unpaired) electrons. The number of amides is 1. The van der Waals surface area contributed by atoms with Crippen LogP contribution in [0.3, 0.4) is 0 Å². The number of nitrogens with one attached hydrogen (secondary N) is 1. The third kappa shape index (κ3) is 3.44. The number of benzene rings is 1. The second-order valence-electron chi connectivity index (χ2n) is 3.89. The summed E-state index contributed by atoms with van der Waals surface area (Å²) in [5.74, 6) is 5.20. The van der Waals surface area contributed by atoms with Crippen molar-refractivity contribution < 1.29 is 9.90 Å². The number of aliphatic hydroxyl groups is 1. The topological polar surface area (TPSA) is 49.3 Å². The minimum absolute atomic E-state index is 0.142. The lowest BCUT2D eigenvalue weighted by Gasteiger charge is -2.06. The van der Waals surface area contributed by atoms with Gasteiger partial charge in [0, 0.05) is 5.69 Å². The summed E-state index contributed by atoms with van der Waals surface area (Å²) in [6.07, 6.45) is 0. The summed E-state index contributed by atoms with van der Waals surface area (Å²) < 4.78 is 0. The molecule has 0 spiro atoms. The molecule has 0 atom stereocenters. The van der Waals surface area contributed by atoms with Gasteiger partial charge >= 0.3 is 0 Å². The Balaban J connectivity index is 2.12. The molecule has 0 aliphatic heterocycles. The molecular weight excluding hydrogens is 258 g/mol. The van der Waals surface area contributed by atoms with Crippen molar-refractivity contribution in [1.29, 1.82) is 0 Å². The molecule has 1 amide bonds. The summed E-state index contributed by atoms with van der Waals surface area (Å²) in [6, 6.07) is 11.1. The van der Waals surface area contributed by atoms with E-state index in [-0.39, 0.29) is 12.5 Å². The molecule has 1 aromatic heterocycles. The number of anilines is 1. The third-order valence-corrected chi connectivity index (χ3v) is 3.51. The van der Waals surface area contributed by atoms with E-state index < -0.39 is 0 Å². The van der Waals surface area contributed by atoms with Crippen LogP contribution >= 0.6 is 11.3 Å². The fourth-order valence-corrected chi connectivity index (χ4v) is 2.33. The van der Waals surface area contributed by atoms with Crippen molar-refractivity contribution in [1.82, 2.24) is 0 Å². The largest absolute Gasteiger partial charge is 0.384 e. The van der Waals surface area contributed by atoms with Crippen molar-refractivity contribution in [3.05, 3.63) is 51.7 Å². The molecule has 0 bridgehead atoms. The van der Waals surface area contributed by atoms with Gasteiger partial charge in [-0.3, -0.25) is 4.79 Å². The smallest absolute Gasteiger partial charge is 0.265 e. The highest BCUT2D eigenvalue weighted by molar-refractivity contribution is 7.14. The minimum Gasteiger partial charge on any atom is -0.384 e. The van der Waals surface area contributed by atoms with Gasteiger partial charge in [0.25, 0.3) is 5.91 Å². The average molecular weight is 271 g/mol. The van der Waals surface area contributed by atoms with Gasteiger partial charge in [0.05, 0.1) is 9.75 Å². The van der Waals surface area contributed by atoms with Gasteiger partial charge in [-0.05, 0) is 30.7 Å². The molecule has 2 aromatic rings. The van der Waals surface area contributed by atoms with E-state index in [1.807, 2.05) is 31.2 Å². The van der Waals surface area contributed by atoms with Gasteiger partial charge in [-0.1, -0.05) is 30.0 Å². The molecule has 19 heavy (non-hydrogen) atoms. The molecule has 0 fully saturated rings. The molecule has 1 heterocycles. The van der Waals surface area contributed by atoms with Crippen molar-refractivity contribution >= 4 is 22.9 Å². The first-order chi connectivity index (χ1) is 9.20. The molecule has 2 N–H and O–H groups in total. The van der Waals surface area contributed by atoms with Crippen LogP contribution in [0.1, 0.15) is 20.1 Å². The molecule has 0 unspecified atom stereocenters. The van der Waals surface area contributed by atoms with E-state index in [4.69, 9.17) is 5.11 Å². The second kappa shape index (κ2) is 6.19. The molecule has 0 saturated carbocycles. The summed E-state index contributed by atoms with van der Waals surface area (Å²) >= 11 is 1.31. The maximum Gasteiger partial charge on any atom is 0.265 e. The minimum atomic E-state index is -0.178. The molecule has 0 aliphatic rings. The highest BCUT2D eigenvalue weighted by Crippen LogP contribution is 2.19. The number of carbonyl (C=O) groups excluding carboxylic acids is 1. The number of aryl methyl sites for hydroxylation is 1. The predicted molar refractivity (Wildman–Crippen MR) is 77.4 cm³/mol. The van der Waals surface area contributed by atoms with E-state index in [1.54, 1.807) is 12.1 Å². The van der Waals surface area contributed by atoms with Crippen molar-refractivity contribution in [2.45, 2.75) is 6.92 Å². The van der Waals surface area contributed by atoms with Gasteiger partial charge in [0.1, 0.15) is 6.61 Å². The lowest BCUT2D eigenvalue weighted by Crippen LogP contribution is -2.10. The van der Waals surface area contributed by atoms with Crippen LogP contribution in [-0.2, 0) is 0 Å². The van der Waals surface area contributed by atoms with Gasteiger partial charge in [0.2, 0.25) is 0 Å². The van der Waals surface area contributed by atoms with Crippen LogP contribution in [0.15, 0.2) is 36.4 Å². The Morgan fingerprint density at radius 3 is 2.84 bits per heavy atom. The zero-order valence-electron chi connectivity index (χ0n) is 10.4. The molecule has 96 valence electrons. The predicted octanol–water partition coefficient (Wildman–Crippen LogP) is 2.65. The van der Waals surface area contributed by atoms with E-state index in [9.17, 15) is 4.79 Å². The van der Waals surface area contributed by atoms with Crippen LogP contribution in [0.4, 0.5) is 5.69 Å². The second-order valence-corrected chi connectivity index (χ2v) is 4.98. The normalized spacial score (nSPS) is 9.58. The molecule has 1 aromatic carbocycles. The Kier molecular flexibility index (Phi) is 4.35. The zero-order chi connectivity index (χ0) is 13.7. The zero-order valence-corrected chi connectivity index (χ0v) is 11.3. The van der Waals surface area contributed by atoms with Crippen molar-refractivity contribution in [2.75, 3.05) is 11.9 Å². The van der Waals surface area contributed by atoms with E-state index >= 15 is 0 Å². The van der Waals surface area contributed by atoms with Crippen molar-refractivity contribution in [3.8, 4) is 11.8 Å². The Labute approximate surface area is 115 Å². The Hall–Kier alpha value is -2.09. The molecule has 0 saturated heterocycles. The van der Waals surface area contributed by atoms with Crippen LogP contribution < -0.4 is 5.32 Å². The maximum absolute atomic E-state index is 12.1. The van der Waals surface area contributed by atoms with Crippen LogP contribution in [0, 0.1) is 18.8 Å². The number of thiophene rings is 1. The fourth-order valence-electron chi connectivity index (χ4n) is 1.55. The van der Waals surface area contributed by atoms with Gasteiger partial charge < -0.3 is 10.4 Å². The quantitative estimate of drug-likeness (QED) is 0.825. The van der Waals surface area contributed by atoms with Crippen LogP contribution in [0.25, 0.3) is 0 Å². The molecule has 4 heteroatoms. The average Bonchev–Trinajstić information content (AvgIpc) is 2.88. The number of para-hydroxylation sites is 1. The summed E-state index contributed by atoms with van der Waals surface area (Å²) in [4.78, 5) is 13.4. The summed E-state index contributed by atoms with van der Waals surface area (Å²) in [5.41, 5.74) is 1.83. The highest BCUT2D eigenvalue weighted by atomic mass is 32.1. The Bertz CT molecular complexity index is 649. The van der Waals surface area contributed by atoms with E-state index in [0.717, 1.165) is 16.1 Å². The number of rotatable bonds is 2. The number of hydrogen-bond acceptors (Lipinski definition) is 3. The number of hydrogen-bond donors (Lipinski definition) is 2. The SMILES string of the molecule is Cc1ccccc1NC(=O)c1ccc(C#CCO)s1. The summed E-state index contributed by atoms with van der Waals surface area (Å²) in [6.45, 7) is 1.77. The van der Waals surface area contributed by atoms with Crippen LogP contribution in [0.5, 0.6) is 0 Å². The Morgan fingerprint density at radius 2 is 2.11 bits per heavy atom. The lowest BCUT2D eigenvalue weighted by atomic mass is 10.2. The lowest BCUT2D eigenvalue weighted by molar-refractivity contribution is 0.103. The van der Waals surface area contributed by atoms with Gasteiger partial charge in [-0.2, -0.15) is 0 Å². The van der Waals surface area contributed by atoms with Gasteiger partial charge in [-0.25, -0.2) is 0 Å². The van der Waals surface area contributed by atoms with Crippen LogP contribution in [-0.4, -0.2) is 17.6 Å². The van der Waals surface area contributed by atoms with Crippen molar-refractivity contribution in [3.63, 3.8) is 0 Å². The number of carbonyl (C=O) groups is 1. The Morgan fingerprint density at radius 1 is 1.32 bits per heavy atom. The van der Waals surface area contributed by atoms with E-state index in [1.165, 1.54) is 11.3 Å². The van der Waals surface area contributed by atoms with Gasteiger partial charge in [0.15, 0.2) is 0 Å². The van der Waals surface area contributed by atoms with Gasteiger partial charge in [-0.15, -0.1) is 11.3 Å². The summed E-state index contributed by atoms with van der Waals surface area (Å²) in [7, 11) is 0. The van der Waals surface area contributed by atoms with E-state index in [0.29, 0.717) is 4.88 Å². The first-order valence-corrected chi connectivity index (χ1v) is 6.59. The third-order valence-electron chi connectivity index (χ3n) is 2.51. The molecule has 2 rings (SSSR count). The standard InChI is InChI=1S/C15H13NO2S/c1-11-5-2-3-7-13(11)16-15(18)14-9-8-12(19-14)6-4-10-17/h2-3,5,7-9,17H,10H2,1H3,(H,16,18). The first-order valence-electron chi connectivity index (χ1n) is 5.77. The maximum atomic E-state index is 12.1. The van der Waals surface area contributed by atoms with Crippen LogP contribution in [0.2, 0.25) is 0 Å². The van der Waals surface area contributed by atoms with Crippen molar-refractivity contribution in [2.24, 2.45) is 0 Å². The number of aliphatic hydroxyl groups excluding tert-OH is 1. The monoisotopic (exact) mass is 271 g/mol. The molecule has 0 aliphatic carbocycles. The molecular formula is C15H13NO2S. The molecule has 3 nitrogen and oxygen atoms in total.